The van der Waals surface area contributed by atoms with Gasteiger partial charge < -0.3 is 14.7 Å². The Morgan fingerprint density at radius 2 is 2.27 bits per heavy atom. The maximum absolute atomic E-state index is 8.83. The number of aromatic nitrogens is 1. The molecule has 2 rings (SSSR count). The Hall–Kier alpha value is -0.870. The molecule has 4 nitrogen and oxygen atoms in total. The van der Waals surface area contributed by atoms with E-state index in [1.54, 1.807) is 0 Å². The Balaban J connectivity index is 2.30. The molecule has 0 aliphatic heterocycles. The Kier molecular flexibility index (Phi) is 1.44. The second kappa shape index (κ2) is 2.32. The molecule has 0 saturated heterocycles. The van der Waals surface area contributed by atoms with Gasteiger partial charge in [0.2, 0.25) is 0 Å². The topological polar surface area (TPSA) is 66.5 Å². The van der Waals surface area contributed by atoms with Gasteiger partial charge in [0.15, 0.2) is 6.29 Å². The third kappa shape index (κ3) is 1.15. The van der Waals surface area contributed by atoms with Crippen LogP contribution in [-0.4, -0.2) is 15.4 Å². The van der Waals surface area contributed by atoms with Crippen molar-refractivity contribution in [3.05, 3.63) is 17.5 Å². The third-order valence-corrected chi connectivity index (χ3v) is 1.85. The predicted molar refractivity (Wildman–Crippen MR) is 35.7 cm³/mol. The van der Waals surface area contributed by atoms with Gasteiger partial charge in [-0.3, -0.25) is 0 Å². The molecular formula is C7H9NO3. The molecule has 60 valence electrons. The van der Waals surface area contributed by atoms with Gasteiger partial charge in [-0.25, -0.2) is 0 Å². The Morgan fingerprint density at radius 1 is 1.55 bits per heavy atom. The summed E-state index contributed by atoms with van der Waals surface area (Å²) < 4.78 is 4.88. The SMILES string of the molecule is OC(O)c1cnoc1C1CC1. The summed E-state index contributed by atoms with van der Waals surface area (Å²) in [6.45, 7) is 0. The van der Waals surface area contributed by atoms with Gasteiger partial charge in [0, 0.05) is 5.92 Å². The summed E-state index contributed by atoms with van der Waals surface area (Å²) in [6.07, 6.45) is 2.04. The smallest absolute Gasteiger partial charge is 0.183 e. The summed E-state index contributed by atoms with van der Waals surface area (Å²) in [7, 11) is 0. The zero-order valence-corrected chi connectivity index (χ0v) is 5.90. The molecule has 0 unspecified atom stereocenters. The highest BCUT2D eigenvalue weighted by atomic mass is 16.5. The maximum atomic E-state index is 8.83. The minimum Gasteiger partial charge on any atom is -0.364 e. The van der Waals surface area contributed by atoms with Gasteiger partial charge >= 0.3 is 0 Å². The standard InChI is InChI=1S/C7H9NO3/c9-7(10)5-3-8-11-6(5)4-1-2-4/h3-4,7,9-10H,1-2H2. The van der Waals surface area contributed by atoms with Crippen molar-refractivity contribution in [2.24, 2.45) is 0 Å². The fourth-order valence-corrected chi connectivity index (χ4v) is 1.11. The molecule has 1 aromatic heterocycles. The van der Waals surface area contributed by atoms with Crippen molar-refractivity contribution >= 4 is 0 Å². The van der Waals surface area contributed by atoms with Crippen molar-refractivity contribution in [3.8, 4) is 0 Å². The highest BCUT2D eigenvalue weighted by molar-refractivity contribution is 5.22. The van der Waals surface area contributed by atoms with Crippen LogP contribution < -0.4 is 0 Å². The van der Waals surface area contributed by atoms with E-state index in [9.17, 15) is 0 Å². The molecule has 0 radical (unpaired) electrons. The third-order valence-electron chi connectivity index (χ3n) is 1.85. The summed E-state index contributed by atoms with van der Waals surface area (Å²) in [6, 6.07) is 0. The van der Waals surface area contributed by atoms with Crippen molar-refractivity contribution in [2.45, 2.75) is 25.0 Å². The molecule has 0 amide bonds. The van der Waals surface area contributed by atoms with Crippen molar-refractivity contribution in [1.82, 2.24) is 5.16 Å². The lowest BCUT2D eigenvalue weighted by Crippen LogP contribution is -1.95. The van der Waals surface area contributed by atoms with Crippen LogP contribution in [-0.2, 0) is 0 Å². The summed E-state index contributed by atoms with van der Waals surface area (Å²) in [5.74, 6) is 1.01. The minimum atomic E-state index is -1.45. The first-order chi connectivity index (χ1) is 5.29. The van der Waals surface area contributed by atoms with Crippen LogP contribution in [0.5, 0.6) is 0 Å². The molecule has 11 heavy (non-hydrogen) atoms. The first-order valence-electron chi connectivity index (χ1n) is 3.59. The Morgan fingerprint density at radius 3 is 2.82 bits per heavy atom. The molecule has 2 N–H and O–H groups in total. The summed E-state index contributed by atoms with van der Waals surface area (Å²) >= 11 is 0. The van der Waals surface area contributed by atoms with Gasteiger partial charge in [0.25, 0.3) is 0 Å². The first kappa shape index (κ1) is 6.82. The molecule has 1 fully saturated rings. The summed E-state index contributed by atoms with van der Waals surface area (Å²) in [4.78, 5) is 0. The van der Waals surface area contributed by atoms with Crippen LogP contribution in [0, 0.1) is 0 Å². The summed E-state index contributed by atoms with van der Waals surface area (Å²) in [5.41, 5.74) is 0.410. The van der Waals surface area contributed by atoms with Crippen LogP contribution in [0.25, 0.3) is 0 Å². The second-order valence-electron chi connectivity index (χ2n) is 2.79. The highest BCUT2D eigenvalue weighted by Crippen LogP contribution is 2.42. The van der Waals surface area contributed by atoms with Gasteiger partial charge in [-0.2, -0.15) is 0 Å². The van der Waals surface area contributed by atoms with Crippen molar-refractivity contribution in [1.29, 1.82) is 0 Å². The van der Waals surface area contributed by atoms with Gasteiger partial charge in [-0.1, -0.05) is 5.16 Å². The van der Waals surface area contributed by atoms with E-state index in [4.69, 9.17) is 14.7 Å². The van der Waals surface area contributed by atoms with E-state index in [0.717, 1.165) is 12.8 Å². The van der Waals surface area contributed by atoms with Crippen LogP contribution >= 0.6 is 0 Å². The molecule has 1 aliphatic rings. The van der Waals surface area contributed by atoms with Crippen LogP contribution in [0.2, 0.25) is 0 Å². The zero-order chi connectivity index (χ0) is 7.84. The molecule has 0 spiro atoms. The molecule has 0 bridgehead atoms. The van der Waals surface area contributed by atoms with E-state index in [2.05, 4.69) is 5.16 Å². The number of nitrogens with zero attached hydrogens (tertiary/aromatic N) is 1. The lowest BCUT2D eigenvalue weighted by Gasteiger charge is -1.99. The maximum Gasteiger partial charge on any atom is 0.183 e. The zero-order valence-electron chi connectivity index (χ0n) is 5.90. The van der Waals surface area contributed by atoms with E-state index < -0.39 is 6.29 Å². The molecule has 1 saturated carbocycles. The first-order valence-corrected chi connectivity index (χ1v) is 3.59. The fourth-order valence-electron chi connectivity index (χ4n) is 1.11. The summed E-state index contributed by atoms with van der Waals surface area (Å²) in [5, 5.41) is 21.2. The van der Waals surface area contributed by atoms with Gasteiger partial charge in [0.1, 0.15) is 5.76 Å². The Labute approximate surface area is 63.4 Å². The van der Waals surface area contributed by atoms with Crippen molar-refractivity contribution < 1.29 is 14.7 Å². The van der Waals surface area contributed by atoms with Gasteiger partial charge in [-0.15, -0.1) is 0 Å². The lowest BCUT2D eigenvalue weighted by atomic mass is 10.2. The quantitative estimate of drug-likeness (QED) is 0.611. The Bertz CT molecular complexity index is 235. The van der Waals surface area contributed by atoms with E-state index >= 15 is 0 Å². The van der Waals surface area contributed by atoms with Gasteiger partial charge in [-0.05, 0) is 12.8 Å². The lowest BCUT2D eigenvalue weighted by molar-refractivity contribution is -0.0436. The number of rotatable bonds is 2. The predicted octanol–water partition coefficient (Wildman–Crippen LogP) is 0.535. The normalized spacial score (nSPS) is 17.7. The minimum absolute atomic E-state index is 0.370. The fraction of sp³-hybridized carbons (Fsp3) is 0.571. The number of hydrogen-bond donors (Lipinski definition) is 2. The van der Waals surface area contributed by atoms with E-state index in [0.29, 0.717) is 17.2 Å². The number of aliphatic hydroxyl groups excluding tert-OH is 1. The van der Waals surface area contributed by atoms with Crippen LogP contribution in [0.3, 0.4) is 0 Å². The number of hydrogen-bond acceptors (Lipinski definition) is 4. The highest BCUT2D eigenvalue weighted by Gasteiger charge is 2.31. The second-order valence-corrected chi connectivity index (χ2v) is 2.79. The van der Waals surface area contributed by atoms with E-state index in [-0.39, 0.29) is 0 Å². The average molecular weight is 155 g/mol. The molecule has 1 aromatic rings. The van der Waals surface area contributed by atoms with Crippen LogP contribution in [0.4, 0.5) is 0 Å². The monoisotopic (exact) mass is 155 g/mol. The molecule has 0 atom stereocenters. The van der Waals surface area contributed by atoms with Gasteiger partial charge in [0.05, 0.1) is 11.8 Å². The van der Waals surface area contributed by atoms with E-state index in [1.165, 1.54) is 6.20 Å². The van der Waals surface area contributed by atoms with Crippen LogP contribution in [0.1, 0.15) is 36.4 Å². The van der Waals surface area contributed by atoms with Crippen molar-refractivity contribution in [3.63, 3.8) is 0 Å². The van der Waals surface area contributed by atoms with Crippen molar-refractivity contribution in [2.75, 3.05) is 0 Å². The molecule has 1 heterocycles. The molecular weight excluding hydrogens is 146 g/mol. The van der Waals surface area contributed by atoms with E-state index in [1.807, 2.05) is 0 Å². The molecule has 4 heteroatoms. The molecule has 1 aliphatic carbocycles. The average Bonchev–Trinajstić information content (AvgIpc) is 2.68. The molecule has 0 aromatic carbocycles. The largest absolute Gasteiger partial charge is 0.364 e. The number of aliphatic hydroxyl groups is 2. The van der Waals surface area contributed by atoms with Crippen LogP contribution in [0.15, 0.2) is 10.7 Å².